The second-order valence-corrected chi connectivity index (χ2v) is 22.1. The number of amides is 2. The highest BCUT2D eigenvalue weighted by Gasteiger charge is 2.49. The molecular formula is C43H64BNO8Si. The van der Waals surface area contributed by atoms with Gasteiger partial charge in [-0.25, -0.2) is 9.69 Å². The van der Waals surface area contributed by atoms with Crippen LogP contribution in [0.2, 0.25) is 23.9 Å². The lowest BCUT2D eigenvalue weighted by molar-refractivity contribution is -0.140. The molecule has 0 aromatic heterocycles. The zero-order valence-corrected chi connectivity index (χ0v) is 35.2. The van der Waals surface area contributed by atoms with Crippen LogP contribution in [0.4, 0.5) is 4.79 Å². The fourth-order valence-electron chi connectivity index (χ4n) is 7.76. The summed E-state index contributed by atoms with van der Waals surface area (Å²) in [5, 5.41) is 0.0438. The van der Waals surface area contributed by atoms with Crippen molar-refractivity contribution < 1.29 is 37.5 Å². The first-order chi connectivity index (χ1) is 25.7. The van der Waals surface area contributed by atoms with Crippen molar-refractivity contribution in [2.75, 3.05) is 20.3 Å². The van der Waals surface area contributed by atoms with E-state index in [1.807, 2.05) is 61.5 Å². The first-order valence-corrected chi connectivity index (χ1v) is 23.0. The SMILES string of the molecule is COc1ccc(COC[C@H](C/C(C)=C/[C@H]2OB(C3CCCCC3)O[C@H]([C@H](C)C(=O)N3C(=O)OC[C@@H]3Cc3ccccc3)[C@@H]2C)O[Si](C)(C)C(C)(C)C)cc1. The molecule has 11 heteroatoms. The van der Waals surface area contributed by atoms with Crippen LogP contribution in [0.15, 0.2) is 66.2 Å². The number of cyclic esters (lactones) is 1. The van der Waals surface area contributed by atoms with E-state index in [1.165, 1.54) is 11.3 Å². The van der Waals surface area contributed by atoms with E-state index in [2.05, 4.69) is 53.8 Å². The maximum Gasteiger partial charge on any atom is 0.460 e. The van der Waals surface area contributed by atoms with Gasteiger partial charge in [0.05, 0.1) is 50.6 Å². The minimum Gasteiger partial charge on any atom is -0.497 e. The summed E-state index contributed by atoms with van der Waals surface area (Å²) in [6, 6.07) is 17.5. The maximum absolute atomic E-state index is 14.3. The van der Waals surface area contributed by atoms with E-state index in [0.29, 0.717) is 26.1 Å². The maximum atomic E-state index is 14.3. The van der Waals surface area contributed by atoms with Gasteiger partial charge in [-0.1, -0.05) is 121 Å². The van der Waals surface area contributed by atoms with Gasteiger partial charge in [-0.3, -0.25) is 4.79 Å². The zero-order valence-electron chi connectivity index (χ0n) is 34.2. The molecule has 0 radical (unpaired) electrons. The molecule has 2 heterocycles. The molecule has 0 N–H and O–H groups in total. The van der Waals surface area contributed by atoms with E-state index < -0.39 is 33.6 Å². The van der Waals surface area contributed by atoms with Gasteiger partial charge in [0.1, 0.15) is 12.4 Å². The lowest BCUT2D eigenvalue weighted by atomic mass is 9.62. The molecule has 2 amide bonds. The normalized spacial score (nSPS) is 24.3. The molecule has 5 rings (SSSR count). The minimum atomic E-state index is -2.12. The second-order valence-electron chi connectivity index (χ2n) is 17.3. The number of carbonyl (C=O) groups is 2. The molecule has 296 valence electrons. The molecule has 6 atom stereocenters. The Balaban J connectivity index is 1.34. The number of carbonyl (C=O) groups excluding carboxylic acids is 2. The van der Waals surface area contributed by atoms with Crippen LogP contribution in [-0.2, 0) is 41.0 Å². The molecule has 3 aliphatic rings. The largest absolute Gasteiger partial charge is 0.497 e. The molecule has 1 saturated carbocycles. The zero-order chi connectivity index (χ0) is 39.0. The van der Waals surface area contributed by atoms with Crippen LogP contribution >= 0.6 is 0 Å². The summed E-state index contributed by atoms with van der Waals surface area (Å²) in [5.74, 6) is 0.111. The monoisotopic (exact) mass is 761 g/mol. The van der Waals surface area contributed by atoms with Crippen molar-refractivity contribution in [3.8, 4) is 5.75 Å². The third-order valence-corrected chi connectivity index (χ3v) is 16.6. The number of hydrogen-bond donors (Lipinski definition) is 0. The van der Waals surface area contributed by atoms with Gasteiger partial charge in [-0.2, -0.15) is 0 Å². The summed E-state index contributed by atoms with van der Waals surface area (Å²) >= 11 is 0. The van der Waals surface area contributed by atoms with Gasteiger partial charge in [0, 0.05) is 5.92 Å². The van der Waals surface area contributed by atoms with Gasteiger partial charge in [0.2, 0.25) is 5.91 Å². The van der Waals surface area contributed by atoms with Gasteiger partial charge in [-0.15, -0.1) is 0 Å². The fourth-order valence-corrected chi connectivity index (χ4v) is 9.10. The average molecular weight is 762 g/mol. The molecule has 0 unspecified atom stereocenters. The second kappa shape index (κ2) is 18.8. The van der Waals surface area contributed by atoms with Crippen LogP contribution in [0.1, 0.15) is 91.2 Å². The molecule has 9 nitrogen and oxygen atoms in total. The van der Waals surface area contributed by atoms with E-state index >= 15 is 0 Å². The molecule has 0 bridgehead atoms. The molecular weight excluding hydrogens is 697 g/mol. The number of ether oxygens (including phenoxy) is 3. The molecule has 2 aliphatic heterocycles. The molecule has 54 heavy (non-hydrogen) atoms. The van der Waals surface area contributed by atoms with Crippen molar-refractivity contribution in [3.05, 3.63) is 77.4 Å². The number of nitrogens with zero attached hydrogens (tertiary/aromatic N) is 1. The molecule has 2 saturated heterocycles. The number of methoxy groups -OCH3 is 1. The number of imide groups is 1. The Morgan fingerprint density at radius 1 is 1.02 bits per heavy atom. The Bertz CT molecular complexity index is 1540. The Kier molecular flexibility index (Phi) is 14.7. The van der Waals surface area contributed by atoms with E-state index in [0.717, 1.165) is 48.1 Å². The summed E-state index contributed by atoms with van der Waals surface area (Å²) in [5.41, 5.74) is 3.29. The lowest BCUT2D eigenvalue weighted by Gasteiger charge is -2.44. The predicted octanol–water partition coefficient (Wildman–Crippen LogP) is 9.41. The van der Waals surface area contributed by atoms with Crippen LogP contribution in [0.5, 0.6) is 5.75 Å². The van der Waals surface area contributed by atoms with E-state index in [-0.39, 0.29) is 47.5 Å². The van der Waals surface area contributed by atoms with Crippen molar-refractivity contribution in [2.45, 2.75) is 141 Å². The van der Waals surface area contributed by atoms with Crippen molar-refractivity contribution in [1.29, 1.82) is 0 Å². The number of benzene rings is 2. The van der Waals surface area contributed by atoms with Crippen molar-refractivity contribution in [2.24, 2.45) is 11.8 Å². The van der Waals surface area contributed by atoms with Gasteiger partial charge >= 0.3 is 13.2 Å². The van der Waals surface area contributed by atoms with Crippen LogP contribution in [-0.4, -0.2) is 77.0 Å². The Hall–Kier alpha value is -2.96. The Labute approximate surface area is 325 Å². The lowest BCUT2D eigenvalue weighted by Crippen LogP contribution is -2.55. The smallest absolute Gasteiger partial charge is 0.460 e. The molecule has 0 spiro atoms. The molecule has 2 aromatic carbocycles. The van der Waals surface area contributed by atoms with Gasteiger partial charge in [0.15, 0.2) is 8.32 Å². The summed E-state index contributed by atoms with van der Waals surface area (Å²) in [6.45, 7) is 18.6. The molecule has 1 aliphatic carbocycles. The summed E-state index contributed by atoms with van der Waals surface area (Å²) in [4.78, 5) is 28.6. The van der Waals surface area contributed by atoms with E-state index in [4.69, 9.17) is 27.9 Å². The highest BCUT2D eigenvalue weighted by molar-refractivity contribution is 6.74. The molecule has 2 aromatic rings. The summed E-state index contributed by atoms with van der Waals surface area (Å²) < 4.78 is 37.6. The predicted molar refractivity (Wildman–Crippen MR) is 216 cm³/mol. The average Bonchev–Trinajstić information content (AvgIpc) is 3.51. The summed E-state index contributed by atoms with van der Waals surface area (Å²) in [6.07, 6.45) is 7.62. The van der Waals surface area contributed by atoms with Crippen molar-refractivity contribution >= 4 is 27.4 Å². The minimum absolute atomic E-state index is 0.0438. The van der Waals surface area contributed by atoms with Crippen molar-refractivity contribution in [1.82, 2.24) is 4.90 Å². The van der Waals surface area contributed by atoms with Gasteiger partial charge in [0.25, 0.3) is 0 Å². The van der Waals surface area contributed by atoms with Crippen LogP contribution in [0.3, 0.4) is 0 Å². The number of hydrogen-bond acceptors (Lipinski definition) is 8. The van der Waals surface area contributed by atoms with Crippen molar-refractivity contribution in [3.63, 3.8) is 0 Å². The standard InChI is InChI=1S/C43H64BNO8Si/c1-30(24-38(53-54(8,9)43(4,5)6)29-49-27-34-20-22-37(48-7)23-21-34)25-39-31(2)40(52-44(51-39)35-18-14-11-15-19-35)32(3)41(46)45-36(28-50-42(45)47)26-33-16-12-10-13-17-33/h10,12-13,16-17,20-23,25,31-32,35-36,38-40H,11,14-15,18-19,24,26-29H2,1-9H3/b30-25+/t31-,32+,36+,38+,39-,40+/m1/s1. The number of rotatable bonds is 15. The highest BCUT2D eigenvalue weighted by Crippen LogP contribution is 2.41. The highest BCUT2D eigenvalue weighted by atomic mass is 28.4. The Morgan fingerprint density at radius 3 is 2.35 bits per heavy atom. The Morgan fingerprint density at radius 2 is 1.70 bits per heavy atom. The quantitative estimate of drug-likeness (QED) is 0.131. The first kappa shape index (κ1) is 42.2. The fraction of sp³-hybridized carbons (Fsp3) is 0.628. The van der Waals surface area contributed by atoms with E-state index in [9.17, 15) is 9.59 Å². The first-order valence-electron chi connectivity index (χ1n) is 20.1. The topological polar surface area (TPSA) is 92.8 Å². The van der Waals surface area contributed by atoms with Gasteiger partial charge in [-0.05, 0) is 67.0 Å². The third-order valence-electron chi connectivity index (χ3n) is 12.0. The third kappa shape index (κ3) is 10.9. The summed E-state index contributed by atoms with van der Waals surface area (Å²) in [7, 11) is -0.874. The van der Waals surface area contributed by atoms with Crippen LogP contribution in [0.25, 0.3) is 0 Å². The van der Waals surface area contributed by atoms with Crippen LogP contribution in [0, 0.1) is 11.8 Å². The molecule has 3 fully saturated rings. The van der Waals surface area contributed by atoms with Crippen LogP contribution < -0.4 is 4.74 Å². The van der Waals surface area contributed by atoms with Gasteiger partial charge < -0.3 is 27.9 Å². The van der Waals surface area contributed by atoms with E-state index in [1.54, 1.807) is 7.11 Å².